The van der Waals surface area contributed by atoms with Crippen LogP contribution in [0.3, 0.4) is 0 Å². The average Bonchev–Trinajstić information content (AvgIpc) is 2.89. The van der Waals surface area contributed by atoms with Crippen LogP contribution in [0.15, 0.2) is 18.6 Å². The lowest BCUT2D eigenvalue weighted by atomic mass is 10.3. The molecule has 0 saturated carbocycles. The van der Waals surface area contributed by atoms with Crippen LogP contribution in [0.25, 0.3) is 0 Å². The summed E-state index contributed by atoms with van der Waals surface area (Å²) in [6, 6.07) is 0. The summed E-state index contributed by atoms with van der Waals surface area (Å²) in [5.74, 6) is -0.248. The average molecular weight is 235 g/mol. The number of nitrogens with one attached hydrogen (secondary N) is 1. The van der Waals surface area contributed by atoms with Gasteiger partial charge in [-0.05, 0) is 0 Å². The van der Waals surface area contributed by atoms with Gasteiger partial charge in [-0.25, -0.2) is 0 Å². The highest BCUT2D eigenvalue weighted by Gasteiger charge is 2.13. The SMILES string of the molecule is Cn1ncc(N)c1C(=O)NCCn1ccnn1. The van der Waals surface area contributed by atoms with E-state index in [1.165, 1.54) is 10.9 Å². The van der Waals surface area contributed by atoms with E-state index in [0.29, 0.717) is 24.5 Å². The minimum absolute atomic E-state index is 0.248. The Hall–Kier alpha value is -2.38. The van der Waals surface area contributed by atoms with Gasteiger partial charge in [0.25, 0.3) is 5.91 Å². The third-order valence-corrected chi connectivity index (χ3v) is 2.28. The summed E-state index contributed by atoms with van der Waals surface area (Å²) in [7, 11) is 1.67. The Morgan fingerprint density at radius 2 is 2.41 bits per heavy atom. The monoisotopic (exact) mass is 235 g/mol. The number of anilines is 1. The second-order valence-corrected chi connectivity index (χ2v) is 3.49. The fourth-order valence-corrected chi connectivity index (χ4v) is 1.45. The largest absolute Gasteiger partial charge is 0.396 e. The summed E-state index contributed by atoms with van der Waals surface area (Å²) in [6.45, 7) is 1.01. The lowest BCUT2D eigenvalue weighted by Crippen LogP contribution is -2.29. The number of hydrogen-bond donors (Lipinski definition) is 2. The number of nitrogens with two attached hydrogens (primary N) is 1. The first-order valence-electron chi connectivity index (χ1n) is 5.08. The Morgan fingerprint density at radius 3 is 3.00 bits per heavy atom. The lowest BCUT2D eigenvalue weighted by Gasteiger charge is -2.05. The molecule has 2 heterocycles. The molecule has 90 valence electrons. The molecule has 0 aliphatic heterocycles. The van der Waals surface area contributed by atoms with E-state index in [0.717, 1.165) is 0 Å². The van der Waals surface area contributed by atoms with Crippen molar-refractivity contribution in [2.24, 2.45) is 7.05 Å². The van der Waals surface area contributed by atoms with Gasteiger partial charge >= 0.3 is 0 Å². The van der Waals surface area contributed by atoms with Gasteiger partial charge in [0.05, 0.1) is 24.6 Å². The van der Waals surface area contributed by atoms with Gasteiger partial charge < -0.3 is 11.1 Å². The molecular formula is C9H13N7O. The van der Waals surface area contributed by atoms with Crippen molar-refractivity contribution >= 4 is 11.6 Å². The number of hydrogen-bond acceptors (Lipinski definition) is 5. The van der Waals surface area contributed by atoms with Crippen LogP contribution in [0.5, 0.6) is 0 Å². The summed E-state index contributed by atoms with van der Waals surface area (Å²) < 4.78 is 3.08. The molecule has 0 unspecified atom stereocenters. The van der Waals surface area contributed by atoms with E-state index < -0.39 is 0 Å². The summed E-state index contributed by atoms with van der Waals surface area (Å²) in [5, 5.41) is 14.1. The number of aromatic nitrogens is 5. The van der Waals surface area contributed by atoms with Gasteiger partial charge in [0, 0.05) is 19.8 Å². The van der Waals surface area contributed by atoms with E-state index in [4.69, 9.17) is 5.73 Å². The van der Waals surface area contributed by atoms with Gasteiger partial charge in [-0.3, -0.25) is 14.2 Å². The quantitative estimate of drug-likeness (QED) is 0.709. The van der Waals surface area contributed by atoms with E-state index in [1.54, 1.807) is 24.1 Å². The van der Waals surface area contributed by atoms with Crippen LogP contribution in [0.2, 0.25) is 0 Å². The Labute approximate surface area is 97.4 Å². The Bertz CT molecular complexity index is 482. The van der Waals surface area contributed by atoms with Crippen molar-refractivity contribution in [3.05, 3.63) is 24.3 Å². The molecule has 0 fully saturated rings. The van der Waals surface area contributed by atoms with Gasteiger partial charge in [0.1, 0.15) is 5.69 Å². The number of carbonyl (C=O) groups excluding carboxylic acids is 1. The highest BCUT2D eigenvalue weighted by Crippen LogP contribution is 2.08. The molecule has 17 heavy (non-hydrogen) atoms. The topological polar surface area (TPSA) is 104 Å². The molecule has 8 nitrogen and oxygen atoms in total. The van der Waals surface area contributed by atoms with Gasteiger partial charge in [-0.15, -0.1) is 5.10 Å². The predicted octanol–water partition coefficient (Wildman–Crippen LogP) is -0.976. The molecule has 1 amide bonds. The number of nitrogens with zero attached hydrogens (tertiary/aromatic N) is 5. The number of aryl methyl sites for hydroxylation is 1. The van der Waals surface area contributed by atoms with E-state index in [-0.39, 0.29) is 5.91 Å². The Morgan fingerprint density at radius 1 is 1.59 bits per heavy atom. The first kappa shape index (κ1) is 11.1. The standard InChI is InChI=1S/C9H13N7O/c1-15-8(7(10)6-13-15)9(17)11-2-4-16-5-3-12-14-16/h3,5-6H,2,4,10H2,1H3,(H,11,17). The molecule has 0 bridgehead atoms. The van der Waals surface area contributed by atoms with Crippen LogP contribution in [-0.4, -0.2) is 37.2 Å². The summed E-state index contributed by atoms with van der Waals surface area (Å²) >= 11 is 0. The summed E-state index contributed by atoms with van der Waals surface area (Å²) in [6.07, 6.45) is 4.76. The zero-order valence-corrected chi connectivity index (χ0v) is 9.37. The van der Waals surface area contributed by atoms with Crippen molar-refractivity contribution in [1.82, 2.24) is 30.1 Å². The zero-order chi connectivity index (χ0) is 12.3. The smallest absolute Gasteiger partial charge is 0.271 e. The molecule has 0 spiro atoms. The minimum atomic E-state index is -0.248. The first-order chi connectivity index (χ1) is 8.18. The predicted molar refractivity (Wildman–Crippen MR) is 60.0 cm³/mol. The third kappa shape index (κ3) is 2.41. The van der Waals surface area contributed by atoms with Crippen LogP contribution in [0.4, 0.5) is 5.69 Å². The van der Waals surface area contributed by atoms with Crippen LogP contribution < -0.4 is 11.1 Å². The number of rotatable bonds is 4. The van der Waals surface area contributed by atoms with Crippen LogP contribution in [0, 0.1) is 0 Å². The fourth-order valence-electron chi connectivity index (χ4n) is 1.45. The van der Waals surface area contributed by atoms with E-state index >= 15 is 0 Å². The molecule has 2 aromatic rings. The molecule has 0 saturated heterocycles. The summed E-state index contributed by atoms with van der Waals surface area (Å²) in [4.78, 5) is 11.8. The van der Waals surface area contributed by atoms with E-state index in [2.05, 4.69) is 20.7 Å². The van der Waals surface area contributed by atoms with Crippen LogP contribution >= 0.6 is 0 Å². The maximum absolute atomic E-state index is 11.8. The molecule has 0 atom stereocenters. The van der Waals surface area contributed by atoms with E-state index in [9.17, 15) is 4.79 Å². The molecule has 2 rings (SSSR count). The highest BCUT2D eigenvalue weighted by atomic mass is 16.2. The van der Waals surface area contributed by atoms with Crippen molar-refractivity contribution in [2.45, 2.75) is 6.54 Å². The van der Waals surface area contributed by atoms with E-state index in [1.807, 2.05) is 0 Å². The van der Waals surface area contributed by atoms with Crippen LogP contribution in [0.1, 0.15) is 10.5 Å². The minimum Gasteiger partial charge on any atom is -0.396 e. The maximum atomic E-state index is 11.8. The maximum Gasteiger partial charge on any atom is 0.271 e. The van der Waals surface area contributed by atoms with Crippen LogP contribution in [-0.2, 0) is 13.6 Å². The van der Waals surface area contributed by atoms with Gasteiger partial charge in [0.15, 0.2) is 0 Å². The molecule has 0 aliphatic rings. The molecule has 3 N–H and O–H groups in total. The van der Waals surface area contributed by atoms with Crippen molar-refractivity contribution < 1.29 is 4.79 Å². The Kier molecular flexibility index (Phi) is 3.03. The lowest BCUT2D eigenvalue weighted by molar-refractivity contribution is 0.0943. The number of nitrogen functional groups attached to an aromatic ring is 1. The second-order valence-electron chi connectivity index (χ2n) is 3.49. The molecule has 0 aromatic carbocycles. The van der Waals surface area contributed by atoms with Crippen molar-refractivity contribution in [3.63, 3.8) is 0 Å². The molecule has 0 aliphatic carbocycles. The highest BCUT2D eigenvalue weighted by molar-refractivity contribution is 5.97. The van der Waals surface area contributed by atoms with Gasteiger partial charge in [-0.2, -0.15) is 5.10 Å². The molecule has 0 radical (unpaired) electrons. The van der Waals surface area contributed by atoms with Crippen molar-refractivity contribution in [2.75, 3.05) is 12.3 Å². The first-order valence-corrected chi connectivity index (χ1v) is 5.08. The molecule has 2 aromatic heterocycles. The third-order valence-electron chi connectivity index (χ3n) is 2.28. The number of amides is 1. The number of carbonyl (C=O) groups is 1. The normalized spacial score (nSPS) is 10.4. The van der Waals surface area contributed by atoms with Crippen molar-refractivity contribution in [3.8, 4) is 0 Å². The molecule has 8 heteroatoms. The summed E-state index contributed by atoms with van der Waals surface area (Å²) in [5.41, 5.74) is 6.37. The van der Waals surface area contributed by atoms with Gasteiger partial charge in [-0.1, -0.05) is 5.21 Å². The van der Waals surface area contributed by atoms with Gasteiger partial charge in [0.2, 0.25) is 0 Å². The fraction of sp³-hybridized carbons (Fsp3) is 0.333. The second kappa shape index (κ2) is 4.64. The molecular weight excluding hydrogens is 222 g/mol. The Balaban J connectivity index is 1.90. The zero-order valence-electron chi connectivity index (χ0n) is 9.37. The van der Waals surface area contributed by atoms with Crippen molar-refractivity contribution in [1.29, 1.82) is 0 Å².